The van der Waals surface area contributed by atoms with Gasteiger partial charge in [0.25, 0.3) is 0 Å². The number of hydrogen-bond acceptors (Lipinski definition) is 6. The molecule has 0 aliphatic heterocycles. The molecule has 0 aliphatic carbocycles. The van der Waals surface area contributed by atoms with Gasteiger partial charge in [0.15, 0.2) is 0 Å². The van der Waals surface area contributed by atoms with Crippen molar-refractivity contribution in [3.05, 3.63) is 35.7 Å². The lowest BCUT2D eigenvalue weighted by Gasteiger charge is -2.07. The van der Waals surface area contributed by atoms with E-state index in [-0.39, 0.29) is 17.9 Å². The van der Waals surface area contributed by atoms with Crippen molar-refractivity contribution in [1.29, 1.82) is 0 Å². The zero-order chi connectivity index (χ0) is 13.1. The van der Waals surface area contributed by atoms with Crippen LogP contribution in [-0.4, -0.2) is 21.0 Å². The topological polar surface area (TPSA) is 114 Å². The predicted octanol–water partition coefficient (Wildman–Crippen LogP) is 1.27. The summed E-state index contributed by atoms with van der Waals surface area (Å²) in [6, 6.07) is 1.35. The van der Waals surface area contributed by atoms with Crippen molar-refractivity contribution in [2.24, 2.45) is 0 Å². The van der Waals surface area contributed by atoms with Gasteiger partial charge in [-0.05, 0) is 13.0 Å². The zero-order valence-corrected chi connectivity index (χ0v) is 9.67. The van der Waals surface area contributed by atoms with E-state index in [4.69, 9.17) is 15.3 Å². The van der Waals surface area contributed by atoms with Gasteiger partial charge >= 0.3 is 5.97 Å². The van der Waals surface area contributed by atoms with Crippen molar-refractivity contribution < 1.29 is 14.3 Å². The van der Waals surface area contributed by atoms with E-state index in [1.807, 2.05) is 0 Å². The molecule has 4 N–H and O–H groups in total. The lowest BCUT2D eigenvalue weighted by molar-refractivity contribution is 0.0697. The number of hydrogen-bond donors (Lipinski definition) is 3. The molecule has 0 saturated carbocycles. The van der Waals surface area contributed by atoms with Crippen LogP contribution in [0.4, 0.5) is 11.5 Å². The number of rotatable bonds is 4. The molecule has 0 aromatic carbocycles. The van der Waals surface area contributed by atoms with E-state index in [0.717, 1.165) is 0 Å². The van der Waals surface area contributed by atoms with E-state index in [1.54, 1.807) is 13.1 Å². The minimum atomic E-state index is -1.10. The highest BCUT2D eigenvalue weighted by molar-refractivity contribution is 5.94. The highest BCUT2D eigenvalue weighted by atomic mass is 16.4. The number of carbonyl (C=O) groups is 1. The summed E-state index contributed by atoms with van der Waals surface area (Å²) in [5.74, 6) is 0.284. The van der Waals surface area contributed by atoms with Gasteiger partial charge in [-0.3, -0.25) is 0 Å². The van der Waals surface area contributed by atoms with Crippen LogP contribution in [-0.2, 0) is 6.54 Å². The lowest BCUT2D eigenvalue weighted by Crippen LogP contribution is -2.09. The predicted molar refractivity (Wildman–Crippen MR) is 64.2 cm³/mol. The van der Waals surface area contributed by atoms with Gasteiger partial charge in [-0.15, -0.1) is 0 Å². The summed E-state index contributed by atoms with van der Waals surface area (Å²) in [5, 5.41) is 11.9. The van der Waals surface area contributed by atoms with Crippen LogP contribution in [0.1, 0.15) is 22.0 Å². The van der Waals surface area contributed by atoms with Crippen LogP contribution in [0.5, 0.6) is 0 Å². The highest BCUT2D eigenvalue weighted by Crippen LogP contribution is 2.16. The van der Waals surface area contributed by atoms with Gasteiger partial charge in [-0.25, -0.2) is 14.8 Å². The number of nitrogens with two attached hydrogens (primary N) is 1. The van der Waals surface area contributed by atoms with Gasteiger partial charge in [0.1, 0.15) is 17.1 Å². The Bertz CT molecular complexity index is 579. The average molecular weight is 248 g/mol. The number of aryl methyl sites for hydroxylation is 1. The summed E-state index contributed by atoms with van der Waals surface area (Å²) in [4.78, 5) is 18.9. The standard InChI is InChI=1S/C11H12N4O3/c1-6-3-13-9(18-6)5-15-10-8(11(16)17)2-7(12)4-14-10/h2-4H,5,12H2,1H3,(H,14,15)(H,16,17). The van der Waals surface area contributed by atoms with E-state index in [0.29, 0.717) is 17.3 Å². The third-order valence-corrected chi connectivity index (χ3v) is 2.22. The van der Waals surface area contributed by atoms with Gasteiger partial charge in [-0.2, -0.15) is 0 Å². The number of aromatic nitrogens is 2. The number of carboxylic acids is 1. The number of nitrogen functional groups attached to an aromatic ring is 1. The number of aromatic carboxylic acids is 1. The molecular weight excluding hydrogens is 236 g/mol. The Morgan fingerprint density at radius 2 is 2.28 bits per heavy atom. The molecule has 2 aromatic heterocycles. The van der Waals surface area contributed by atoms with Crippen LogP contribution < -0.4 is 11.1 Å². The summed E-state index contributed by atoms with van der Waals surface area (Å²) in [7, 11) is 0. The molecule has 2 aromatic rings. The number of nitrogens with one attached hydrogen (secondary N) is 1. The lowest BCUT2D eigenvalue weighted by atomic mass is 10.2. The number of carboxylic acid groups (broad SMARTS) is 1. The van der Waals surface area contributed by atoms with Gasteiger partial charge in [0.2, 0.25) is 5.89 Å². The van der Waals surface area contributed by atoms with Gasteiger partial charge in [0.05, 0.1) is 24.6 Å². The first-order chi connectivity index (χ1) is 8.56. The fraction of sp³-hybridized carbons (Fsp3) is 0.182. The number of anilines is 2. The molecule has 0 spiro atoms. The van der Waals surface area contributed by atoms with Crippen molar-refractivity contribution in [1.82, 2.24) is 9.97 Å². The van der Waals surface area contributed by atoms with E-state index in [1.165, 1.54) is 12.3 Å². The van der Waals surface area contributed by atoms with E-state index in [2.05, 4.69) is 15.3 Å². The number of pyridine rings is 1. The first-order valence-electron chi connectivity index (χ1n) is 5.20. The second kappa shape index (κ2) is 4.74. The fourth-order valence-corrected chi connectivity index (χ4v) is 1.43. The molecule has 0 aliphatic rings. The Labute approximate surface area is 103 Å². The summed E-state index contributed by atoms with van der Waals surface area (Å²) in [5.41, 5.74) is 5.80. The summed E-state index contributed by atoms with van der Waals surface area (Å²) >= 11 is 0. The molecule has 0 unspecified atom stereocenters. The normalized spacial score (nSPS) is 10.3. The van der Waals surface area contributed by atoms with Crippen LogP contribution in [0.15, 0.2) is 22.9 Å². The van der Waals surface area contributed by atoms with Crippen LogP contribution in [0.2, 0.25) is 0 Å². The van der Waals surface area contributed by atoms with Gasteiger partial charge in [-0.1, -0.05) is 0 Å². The SMILES string of the molecule is Cc1cnc(CNc2ncc(N)cc2C(=O)O)o1. The minimum absolute atomic E-state index is 0.0123. The number of nitrogens with zero attached hydrogens (tertiary/aromatic N) is 2. The van der Waals surface area contributed by atoms with E-state index < -0.39 is 5.97 Å². The molecule has 18 heavy (non-hydrogen) atoms. The number of oxazole rings is 1. The fourth-order valence-electron chi connectivity index (χ4n) is 1.43. The maximum absolute atomic E-state index is 11.0. The van der Waals surface area contributed by atoms with E-state index in [9.17, 15) is 4.79 Å². The molecule has 94 valence electrons. The highest BCUT2D eigenvalue weighted by Gasteiger charge is 2.12. The molecule has 0 atom stereocenters. The Balaban J connectivity index is 2.16. The molecule has 0 fully saturated rings. The minimum Gasteiger partial charge on any atom is -0.478 e. The Hall–Kier alpha value is -2.57. The summed E-state index contributed by atoms with van der Waals surface area (Å²) < 4.78 is 5.26. The van der Waals surface area contributed by atoms with Crippen molar-refractivity contribution in [3.63, 3.8) is 0 Å². The maximum atomic E-state index is 11.0. The largest absolute Gasteiger partial charge is 0.478 e. The second-order valence-electron chi connectivity index (χ2n) is 3.69. The smallest absolute Gasteiger partial charge is 0.339 e. The quantitative estimate of drug-likeness (QED) is 0.746. The molecular formula is C11H12N4O3. The molecule has 0 saturated heterocycles. The molecule has 0 radical (unpaired) electrons. The first kappa shape index (κ1) is 11.9. The van der Waals surface area contributed by atoms with Crippen LogP contribution >= 0.6 is 0 Å². The van der Waals surface area contributed by atoms with Crippen molar-refractivity contribution in [3.8, 4) is 0 Å². The molecule has 2 heterocycles. The second-order valence-corrected chi connectivity index (χ2v) is 3.69. The van der Waals surface area contributed by atoms with Crippen molar-refractivity contribution in [2.75, 3.05) is 11.1 Å². The molecule has 7 heteroatoms. The van der Waals surface area contributed by atoms with Crippen molar-refractivity contribution >= 4 is 17.5 Å². The maximum Gasteiger partial charge on any atom is 0.339 e. The van der Waals surface area contributed by atoms with Crippen LogP contribution in [0.3, 0.4) is 0 Å². The Morgan fingerprint density at radius 3 is 2.89 bits per heavy atom. The van der Waals surface area contributed by atoms with Crippen LogP contribution in [0, 0.1) is 6.92 Å². The molecule has 2 rings (SSSR count). The third kappa shape index (κ3) is 2.57. The van der Waals surface area contributed by atoms with Crippen LogP contribution in [0.25, 0.3) is 0 Å². The van der Waals surface area contributed by atoms with Crippen molar-refractivity contribution in [2.45, 2.75) is 13.5 Å². The Morgan fingerprint density at radius 1 is 1.50 bits per heavy atom. The first-order valence-corrected chi connectivity index (χ1v) is 5.20. The molecule has 0 bridgehead atoms. The summed E-state index contributed by atoms with van der Waals surface area (Å²) in [6.45, 7) is 2.03. The van der Waals surface area contributed by atoms with Gasteiger partial charge in [0, 0.05) is 0 Å². The molecule has 7 nitrogen and oxygen atoms in total. The third-order valence-electron chi connectivity index (χ3n) is 2.22. The Kier molecular flexibility index (Phi) is 3.13. The molecule has 0 amide bonds. The summed E-state index contributed by atoms with van der Waals surface area (Å²) in [6.07, 6.45) is 2.97. The monoisotopic (exact) mass is 248 g/mol. The van der Waals surface area contributed by atoms with E-state index >= 15 is 0 Å². The van der Waals surface area contributed by atoms with Gasteiger partial charge < -0.3 is 20.6 Å². The zero-order valence-electron chi connectivity index (χ0n) is 9.67. The average Bonchev–Trinajstić information content (AvgIpc) is 2.73.